The molecule has 20 aliphatic carbocycles. The molecule has 5 aromatic heterocycles. The average molecular weight is 1670 g/mol. The Morgan fingerprint density at radius 2 is 0.352 bits per heavy atom. The van der Waals surface area contributed by atoms with E-state index < -0.39 is 0 Å². The number of fused-ring (bicyclic) bond motifs is 15. The highest BCUT2D eigenvalue weighted by atomic mass is 16.3. The van der Waals surface area contributed by atoms with Crippen LogP contribution in [0.15, 0.2) is 184 Å². The predicted molar refractivity (Wildman–Crippen MR) is 485 cm³/mol. The van der Waals surface area contributed by atoms with Crippen LogP contribution in [0.5, 0.6) is 0 Å². The topological polar surface area (TPSA) is 190 Å². The number of aliphatic hydroxyl groups excluding tert-OH is 5. The lowest BCUT2D eigenvalue weighted by molar-refractivity contribution is -0.0932. The Balaban J connectivity index is 0.0000000833. The van der Waals surface area contributed by atoms with Gasteiger partial charge in [0.15, 0.2) is 0 Å². The fraction of sp³-hybridized carbons (Fsp3) is 0.591. The van der Waals surface area contributed by atoms with Crippen molar-refractivity contribution in [2.45, 2.75) is 253 Å². The van der Waals surface area contributed by atoms with E-state index in [4.69, 9.17) is 0 Å². The number of aliphatic hydroxyl groups is 5. The van der Waals surface area contributed by atoms with Gasteiger partial charge in [-0.15, -0.1) is 0 Å². The van der Waals surface area contributed by atoms with Crippen molar-refractivity contribution in [3.63, 3.8) is 0 Å². The van der Waals surface area contributed by atoms with Crippen LogP contribution >= 0.6 is 0 Å². The molecule has 20 fully saturated rings. The van der Waals surface area contributed by atoms with E-state index in [1.165, 1.54) is 245 Å². The standard InChI is InChI=1S/5C22H26N2O/c5*25-21(22-15-6-13-5-14(8-15)9-16(22)7-13)10-19-17-3-1-2-4-18(17)20-11-23-12-24(19)20/h5*1-4,11-16,19,21-22,25H,5-10H2/t2*13?,14?,15?,16?,19-,21+,22?;2*13?,14?,15?,16?,19-,21-,22?;/m1010./s1. The average Bonchev–Trinajstić information content (AvgIpc) is 1.73. The second-order valence-corrected chi connectivity index (χ2v) is 45.5. The van der Waals surface area contributed by atoms with Crippen molar-refractivity contribution >= 4 is 0 Å². The first-order valence-electron chi connectivity index (χ1n) is 50.3. The molecule has 650 valence electrons. The SMILES string of the molecule is OC(CC1c2ccccc2-c2cncn21)C1C2CC3CC(C2)CC1C3.O[C@@H](C[C@@H]1c2ccccc2-c2cncn21)C1C2CC3CC(C2)CC1C3.O[C@@H](C[C@H]1c2ccccc2-c2cncn21)C1C2CC3CC(C2)CC1C3.O[C@H](C[C@@H]1c2ccccc2-c2cncn21)C1C2CC3CC(C2)CC1C3.O[C@H](C[C@H]1c2ccccc2-c2cncn21)C1C2CC3CC(C2)CC1C3. The van der Waals surface area contributed by atoms with Crippen LogP contribution in [0.25, 0.3) is 56.3 Å². The third kappa shape index (κ3) is 13.3. The maximum atomic E-state index is 11.3. The van der Waals surface area contributed by atoms with Gasteiger partial charge in [-0.25, -0.2) is 24.9 Å². The van der Waals surface area contributed by atoms with E-state index in [0.717, 1.165) is 150 Å². The molecule has 5 N–H and O–H groups in total. The molecule has 10 atom stereocenters. The van der Waals surface area contributed by atoms with Crippen LogP contribution in [0.3, 0.4) is 0 Å². The molecular weight excluding hydrogens is 1540 g/mol. The van der Waals surface area contributed by atoms with E-state index in [9.17, 15) is 25.5 Å². The summed E-state index contributed by atoms with van der Waals surface area (Å²) in [7, 11) is 0. The molecule has 5 aliphatic heterocycles. The third-order valence-electron chi connectivity index (χ3n) is 39.0. The van der Waals surface area contributed by atoms with E-state index in [-0.39, 0.29) is 60.7 Å². The lowest BCUT2D eigenvalue weighted by Crippen LogP contribution is -2.49. The van der Waals surface area contributed by atoms with Gasteiger partial charge in [-0.2, -0.15) is 0 Å². The van der Waals surface area contributed by atoms with E-state index >= 15 is 0 Å². The van der Waals surface area contributed by atoms with E-state index in [0.29, 0.717) is 29.6 Å². The molecule has 2 unspecified atom stereocenters. The van der Waals surface area contributed by atoms with Gasteiger partial charge in [-0.1, -0.05) is 121 Å². The zero-order valence-electron chi connectivity index (χ0n) is 72.9. The van der Waals surface area contributed by atoms with Crippen LogP contribution in [-0.2, 0) is 0 Å². The van der Waals surface area contributed by atoms with Crippen molar-refractivity contribution in [1.29, 1.82) is 0 Å². The molecule has 15 heteroatoms. The fourth-order valence-electron chi connectivity index (χ4n) is 35.8. The first-order chi connectivity index (χ1) is 61.4. The molecule has 20 saturated carbocycles. The summed E-state index contributed by atoms with van der Waals surface area (Å²) in [4.78, 5) is 21.8. The third-order valence-corrected chi connectivity index (χ3v) is 39.0. The number of imidazole rings is 5. The molecule has 10 heterocycles. The number of rotatable bonds is 15. The second kappa shape index (κ2) is 31.1. The predicted octanol–water partition coefficient (Wildman–Crippen LogP) is 21.4. The maximum absolute atomic E-state index is 11.3. The minimum Gasteiger partial charge on any atom is -0.393 e. The van der Waals surface area contributed by atoms with E-state index in [1.54, 1.807) is 0 Å². The molecule has 20 bridgehead atoms. The van der Waals surface area contributed by atoms with Crippen molar-refractivity contribution in [2.24, 2.45) is 148 Å². The van der Waals surface area contributed by atoms with Gasteiger partial charge in [0.2, 0.25) is 0 Å². The molecule has 25 aliphatic rings. The van der Waals surface area contributed by atoms with Gasteiger partial charge < -0.3 is 48.4 Å². The Morgan fingerprint density at radius 3 is 0.504 bits per heavy atom. The van der Waals surface area contributed by atoms with Crippen molar-refractivity contribution < 1.29 is 25.5 Å². The quantitative estimate of drug-likeness (QED) is 0.0660. The second-order valence-electron chi connectivity index (χ2n) is 45.5. The maximum Gasteiger partial charge on any atom is 0.0956 e. The molecular formula is C110H130N10O5. The summed E-state index contributed by atoms with van der Waals surface area (Å²) in [5.41, 5.74) is 19.3. The van der Waals surface area contributed by atoms with Gasteiger partial charge in [0, 0.05) is 27.8 Å². The highest BCUT2D eigenvalue weighted by molar-refractivity contribution is 5.73. The monoisotopic (exact) mass is 1670 g/mol. The summed E-state index contributed by atoms with van der Waals surface area (Å²) in [6, 6.07) is 44.5. The minimum atomic E-state index is -0.179. The molecule has 15 nitrogen and oxygen atoms in total. The highest BCUT2D eigenvalue weighted by Crippen LogP contribution is 2.65. The molecule has 0 saturated heterocycles. The van der Waals surface area contributed by atoms with Gasteiger partial charge in [0.05, 0.1) is 152 Å². The zero-order valence-corrected chi connectivity index (χ0v) is 72.9. The highest BCUT2D eigenvalue weighted by Gasteiger charge is 2.57. The molecule has 125 heavy (non-hydrogen) atoms. The zero-order chi connectivity index (χ0) is 82.7. The first-order valence-corrected chi connectivity index (χ1v) is 50.3. The normalized spacial score (nSPS) is 38.6. The smallest absolute Gasteiger partial charge is 0.0956 e. The largest absolute Gasteiger partial charge is 0.393 e. The molecule has 0 radical (unpaired) electrons. The lowest BCUT2D eigenvalue weighted by Gasteiger charge is -2.55. The Kier molecular flexibility index (Phi) is 19.4. The lowest BCUT2D eigenvalue weighted by atomic mass is 9.50. The summed E-state index contributed by atoms with van der Waals surface area (Å²) in [6.07, 6.45) is 57.9. The summed E-state index contributed by atoms with van der Waals surface area (Å²) < 4.78 is 11.4. The number of hydrogen-bond donors (Lipinski definition) is 5. The summed E-state index contributed by atoms with van der Waals surface area (Å²) in [5.74, 6) is 20.2. The fourth-order valence-corrected chi connectivity index (χ4v) is 35.8. The Hall–Kier alpha value is -8.05. The summed E-state index contributed by atoms with van der Waals surface area (Å²) >= 11 is 0. The summed E-state index contributed by atoms with van der Waals surface area (Å²) in [6.45, 7) is 0. The number of hydrogen-bond acceptors (Lipinski definition) is 10. The minimum absolute atomic E-state index is 0.179. The van der Waals surface area contributed by atoms with Gasteiger partial charge in [-0.3, -0.25) is 0 Å². The number of aromatic nitrogens is 10. The van der Waals surface area contributed by atoms with Crippen molar-refractivity contribution in [3.05, 3.63) is 212 Å². The summed E-state index contributed by atoms with van der Waals surface area (Å²) in [5, 5.41) is 56.5. The van der Waals surface area contributed by atoms with Gasteiger partial charge in [0.1, 0.15) is 0 Å². The van der Waals surface area contributed by atoms with Crippen LogP contribution in [0, 0.1) is 148 Å². The van der Waals surface area contributed by atoms with Crippen molar-refractivity contribution in [2.75, 3.05) is 0 Å². The van der Waals surface area contributed by atoms with E-state index in [2.05, 4.69) is 169 Å². The molecule has 35 rings (SSSR count). The van der Waals surface area contributed by atoms with Crippen molar-refractivity contribution in [1.82, 2.24) is 47.8 Å². The number of nitrogens with zero attached hydrogens (tertiary/aromatic N) is 10. The Labute approximate surface area is 738 Å². The van der Waals surface area contributed by atoms with Crippen LogP contribution < -0.4 is 0 Å². The van der Waals surface area contributed by atoms with Gasteiger partial charge >= 0.3 is 0 Å². The Bertz CT molecular complexity index is 4700. The van der Waals surface area contributed by atoms with E-state index in [1.807, 2.05) is 62.6 Å². The number of benzene rings is 5. The molecule has 10 aromatic rings. The van der Waals surface area contributed by atoms with Crippen LogP contribution in [0.4, 0.5) is 0 Å². The van der Waals surface area contributed by atoms with Crippen LogP contribution in [-0.4, -0.2) is 104 Å². The Morgan fingerprint density at radius 1 is 0.208 bits per heavy atom. The molecule has 0 amide bonds. The van der Waals surface area contributed by atoms with Gasteiger partial charge in [0.25, 0.3) is 0 Å². The van der Waals surface area contributed by atoms with Gasteiger partial charge in [-0.05, 0) is 368 Å². The molecule has 5 aromatic carbocycles. The van der Waals surface area contributed by atoms with Crippen molar-refractivity contribution in [3.8, 4) is 56.3 Å². The van der Waals surface area contributed by atoms with Crippen LogP contribution in [0.2, 0.25) is 0 Å². The first kappa shape index (κ1) is 78.0. The van der Waals surface area contributed by atoms with Crippen LogP contribution in [0.1, 0.15) is 251 Å². The molecule has 0 spiro atoms.